The van der Waals surface area contributed by atoms with Gasteiger partial charge in [0.25, 0.3) is 5.91 Å². The van der Waals surface area contributed by atoms with Crippen LogP contribution in [0.25, 0.3) is 5.69 Å². The summed E-state index contributed by atoms with van der Waals surface area (Å²) in [5.74, 6) is 0.386. The van der Waals surface area contributed by atoms with Gasteiger partial charge in [-0.25, -0.2) is 0 Å². The van der Waals surface area contributed by atoms with Crippen LogP contribution >= 0.6 is 11.6 Å². The molecule has 0 unspecified atom stereocenters. The van der Waals surface area contributed by atoms with Crippen LogP contribution in [0.3, 0.4) is 0 Å². The van der Waals surface area contributed by atoms with E-state index in [-0.39, 0.29) is 43.4 Å². The van der Waals surface area contributed by atoms with Crippen molar-refractivity contribution in [3.8, 4) is 22.9 Å². The molecular formula is C34H37ClN6O7. The van der Waals surface area contributed by atoms with E-state index >= 15 is 0 Å². The third-order valence-electron chi connectivity index (χ3n) is 7.43. The fourth-order valence-electron chi connectivity index (χ4n) is 5.17. The summed E-state index contributed by atoms with van der Waals surface area (Å²) in [6, 6.07) is 16.7. The van der Waals surface area contributed by atoms with Crippen molar-refractivity contribution in [2.45, 2.75) is 26.3 Å². The number of nitrogens with one attached hydrogen (secondary N) is 2. The van der Waals surface area contributed by atoms with Gasteiger partial charge in [-0.05, 0) is 56.3 Å². The maximum absolute atomic E-state index is 12.7. The topological polar surface area (TPSA) is 169 Å². The number of rotatable bonds is 15. The van der Waals surface area contributed by atoms with Crippen molar-refractivity contribution in [3.63, 3.8) is 0 Å². The zero-order valence-electron chi connectivity index (χ0n) is 26.6. The summed E-state index contributed by atoms with van der Waals surface area (Å²) in [5, 5.41) is 34.1. The van der Waals surface area contributed by atoms with Gasteiger partial charge in [-0.1, -0.05) is 29.8 Å². The number of hydrogen-bond acceptors (Lipinski definition) is 10. The van der Waals surface area contributed by atoms with E-state index in [9.17, 15) is 19.8 Å². The van der Waals surface area contributed by atoms with E-state index in [1.54, 1.807) is 12.1 Å². The Balaban J connectivity index is 1.18. The number of carbonyl (C=O) groups is 2. The maximum Gasteiger partial charge on any atom is 0.255 e. The zero-order chi connectivity index (χ0) is 34.0. The van der Waals surface area contributed by atoms with Gasteiger partial charge in [0.05, 0.1) is 49.8 Å². The minimum Gasteiger partial charge on any atom is -0.504 e. The molecule has 1 atom stereocenters. The molecule has 4 aromatic rings. The molecule has 0 bridgehead atoms. The molecule has 3 aromatic carbocycles. The number of phenolic OH excluding ortho intramolecular Hbond substituents is 2. The molecule has 0 saturated carbocycles. The molecule has 48 heavy (non-hydrogen) atoms. The van der Waals surface area contributed by atoms with E-state index in [1.165, 1.54) is 18.2 Å². The average Bonchev–Trinajstić information content (AvgIpc) is 3.40. The first-order valence-corrected chi connectivity index (χ1v) is 15.9. The summed E-state index contributed by atoms with van der Waals surface area (Å²) in [4.78, 5) is 29.9. The first-order chi connectivity index (χ1) is 23.3. The van der Waals surface area contributed by atoms with E-state index in [1.807, 2.05) is 48.7 Å². The van der Waals surface area contributed by atoms with E-state index in [4.69, 9.17) is 30.8 Å². The van der Waals surface area contributed by atoms with Gasteiger partial charge in [-0.3, -0.25) is 19.1 Å². The molecular weight excluding hydrogens is 640 g/mol. The summed E-state index contributed by atoms with van der Waals surface area (Å²) < 4.78 is 19.1. The quantitative estimate of drug-likeness (QED) is 0.108. The van der Waals surface area contributed by atoms with Crippen molar-refractivity contribution in [1.82, 2.24) is 25.4 Å². The van der Waals surface area contributed by atoms with Crippen LogP contribution in [0.2, 0.25) is 5.02 Å². The Kier molecular flexibility index (Phi) is 11.6. The van der Waals surface area contributed by atoms with E-state index in [0.29, 0.717) is 54.5 Å². The first kappa shape index (κ1) is 34.4. The van der Waals surface area contributed by atoms with E-state index < -0.39 is 17.7 Å². The highest BCUT2D eigenvalue weighted by Gasteiger charge is 2.30. The van der Waals surface area contributed by atoms with Crippen LogP contribution < -0.4 is 15.4 Å². The lowest BCUT2D eigenvalue weighted by atomic mass is 10.00. The van der Waals surface area contributed by atoms with Crippen LogP contribution in [-0.4, -0.2) is 88.6 Å². The number of ether oxygens (including phenoxy) is 3. The molecule has 0 fully saturated rings. The molecule has 0 saturated heterocycles. The maximum atomic E-state index is 12.7. The number of fused-ring (bicyclic) bond motifs is 3. The molecule has 14 heteroatoms. The third kappa shape index (κ3) is 8.29. The number of carbonyl (C=O) groups excluding carboxylic acids is 2. The highest BCUT2D eigenvalue weighted by atomic mass is 35.5. The van der Waals surface area contributed by atoms with Gasteiger partial charge < -0.3 is 35.1 Å². The van der Waals surface area contributed by atoms with Gasteiger partial charge >= 0.3 is 0 Å². The number of aromatic hydroxyl groups is 2. The number of halogens is 1. The molecule has 0 aliphatic carbocycles. The highest BCUT2D eigenvalue weighted by molar-refractivity contribution is 6.30. The fourth-order valence-corrected chi connectivity index (χ4v) is 5.30. The number of nitrogens with zero attached hydrogens (tertiary/aromatic N) is 4. The summed E-state index contributed by atoms with van der Waals surface area (Å²) in [6.07, 6.45) is 0.111. The Hall–Kier alpha value is -4.98. The lowest BCUT2D eigenvalue weighted by Gasteiger charge is -2.15. The van der Waals surface area contributed by atoms with Crippen LogP contribution in [0.5, 0.6) is 17.2 Å². The smallest absolute Gasteiger partial charge is 0.255 e. The van der Waals surface area contributed by atoms with Gasteiger partial charge in [0.1, 0.15) is 24.2 Å². The average molecular weight is 677 g/mol. The second-order valence-corrected chi connectivity index (χ2v) is 11.2. The van der Waals surface area contributed by atoms with E-state index in [2.05, 4.69) is 20.8 Å². The zero-order valence-corrected chi connectivity index (χ0v) is 27.4. The van der Waals surface area contributed by atoms with Crippen molar-refractivity contribution >= 4 is 29.1 Å². The van der Waals surface area contributed by atoms with Gasteiger partial charge in [-0.2, -0.15) is 0 Å². The second kappa shape index (κ2) is 16.2. The minimum absolute atomic E-state index is 0.0134. The lowest BCUT2D eigenvalue weighted by molar-refractivity contribution is -0.121. The molecule has 1 aliphatic heterocycles. The van der Waals surface area contributed by atoms with Gasteiger partial charge in [-0.15, -0.1) is 10.2 Å². The summed E-state index contributed by atoms with van der Waals surface area (Å²) >= 11 is 6.20. The van der Waals surface area contributed by atoms with Crippen molar-refractivity contribution in [1.29, 1.82) is 0 Å². The number of phenols is 2. The largest absolute Gasteiger partial charge is 0.504 e. The van der Waals surface area contributed by atoms with Crippen LogP contribution in [0.1, 0.15) is 52.5 Å². The SMILES string of the molecule is CCNC(=O)C[C@@H]1N=C(c2ccc(Cl)cc2)c2cc(OCCOCCOCCNC(=O)c3cccc(O)c3O)ccc2-n2c(C)nnc21. The standard InChI is InChI=1S/C34H37ClN6O7/c1-3-36-30(43)20-27-33-40-39-21(2)41(33)28-12-11-24(19-26(28)31(38-27)22-7-9-23(35)10-8-22)48-18-17-47-16-15-46-14-13-37-34(45)25-5-4-6-29(42)32(25)44/h4-12,19,27,42,44H,3,13-18,20H2,1-2H3,(H,36,43)(H,37,45)/t27-/m0/s1. The van der Waals surface area contributed by atoms with Crippen molar-refractivity contribution in [2.24, 2.45) is 4.99 Å². The van der Waals surface area contributed by atoms with Crippen LogP contribution in [0.15, 0.2) is 65.7 Å². The molecule has 0 spiro atoms. The number of amides is 2. The summed E-state index contributed by atoms with van der Waals surface area (Å²) in [5.41, 5.74) is 3.10. The van der Waals surface area contributed by atoms with E-state index in [0.717, 1.165) is 16.8 Å². The Labute approximate surface area is 282 Å². The van der Waals surface area contributed by atoms with Crippen LogP contribution in [-0.2, 0) is 14.3 Å². The van der Waals surface area contributed by atoms with Crippen molar-refractivity contribution in [3.05, 3.63) is 94.0 Å². The monoisotopic (exact) mass is 676 g/mol. The number of aryl methyl sites for hydroxylation is 1. The van der Waals surface area contributed by atoms with Gasteiger partial charge in [0, 0.05) is 29.2 Å². The number of aliphatic imine (C=N–C) groups is 1. The molecule has 252 valence electrons. The number of para-hydroxylation sites is 1. The molecule has 5 rings (SSSR count). The number of hydrogen-bond donors (Lipinski definition) is 4. The summed E-state index contributed by atoms with van der Waals surface area (Å²) in [6.45, 7) is 5.95. The number of aromatic nitrogens is 3. The van der Waals surface area contributed by atoms with Crippen molar-refractivity contribution in [2.75, 3.05) is 46.1 Å². The molecule has 13 nitrogen and oxygen atoms in total. The minimum atomic E-state index is -0.571. The lowest BCUT2D eigenvalue weighted by Crippen LogP contribution is -2.27. The molecule has 0 radical (unpaired) electrons. The first-order valence-electron chi connectivity index (χ1n) is 15.5. The Morgan fingerprint density at radius 2 is 1.69 bits per heavy atom. The van der Waals surface area contributed by atoms with Crippen molar-refractivity contribution < 1.29 is 34.0 Å². The van der Waals surface area contributed by atoms with Crippen LogP contribution in [0, 0.1) is 6.92 Å². The second-order valence-electron chi connectivity index (χ2n) is 10.8. The van der Waals surface area contributed by atoms with Crippen LogP contribution in [0.4, 0.5) is 0 Å². The molecule has 2 heterocycles. The summed E-state index contributed by atoms with van der Waals surface area (Å²) in [7, 11) is 0. The molecule has 1 aliphatic rings. The van der Waals surface area contributed by atoms with Gasteiger partial charge in [0.2, 0.25) is 5.91 Å². The number of benzene rings is 3. The Morgan fingerprint density at radius 3 is 2.46 bits per heavy atom. The predicted molar refractivity (Wildman–Crippen MR) is 178 cm³/mol. The fraction of sp³-hybridized carbons (Fsp3) is 0.324. The Morgan fingerprint density at radius 1 is 0.938 bits per heavy atom. The Bertz CT molecular complexity index is 1780. The normalized spacial score (nSPS) is 13.6. The predicted octanol–water partition coefficient (Wildman–Crippen LogP) is 3.90. The third-order valence-corrected chi connectivity index (χ3v) is 7.68. The molecule has 2 amide bonds. The highest BCUT2D eigenvalue weighted by Crippen LogP contribution is 2.34. The van der Waals surface area contributed by atoms with Gasteiger partial charge in [0.15, 0.2) is 17.3 Å². The molecule has 4 N–H and O–H groups in total. The molecule has 1 aromatic heterocycles.